The van der Waals surface area contributed by atoms with Crippen molar-refractivity contribution in [1.29, 1.82) is 0 Å². The van der Waals surface area contributed by atoms with Crippen LogP contribution < -0.4 is 5.32 Å². The molecule has 156 valence electrons. The molecule has 2 aliphatic heterocycles. The Balaban J connectivity index is 1.37. The molecule has 1 N–H and O–H groups in total. The van der Waals surface area contributed by atoms with Crippen molar-refractivity contribution in [3.63, 3.8) is 0 Å². The standard InChI is InChI=1S/C25H24N4O2/c1-16(30)17-9-12-29(13-10-17)25(31)22-6-2-4-18-14-20(7-8-21(18)22)28-24-23-19(15-27-24)5-3-11-26-23/h2-8,11,14,17H,9-10,12-13,15H2,1H3,(H,27,28). The molecule has 6 nitrogen and oxygen atoms in total. The summed E-state index contributed by atoms with van der Waals surface area (Å²) in [5, 5.41) is 5.30. The molecule has 0 radical (unpaired) electrons. The van der Waals surface area contributed by atoms with Gasteiger partial charge >= 0.3 is 0 Å². The summed E-state index contributed by atoms with van der Waals surface area (Å²) in [5.74, 6) is 1.12. The summed E-state index contributed by atoms with van der Waals surface area (Å²) in [6.07, 6.45) is 3.27. The van der Waals surface area contributed by atoms with Crippen LogP contribution in [-0.4, -0.2) is 40.5 Å². The first-order chi connectivity index (χ1) is 15.1. The number of Topliss-reactive ketones (excluding diaryl/α,β-unsaturated/α-hetero) is 1. The molecule has 0 unspecified atom stereocenters. The highest BCUT2D eigenvalue weighted by Crippen LogP contribution is 2.27. The van der Waals surface area contributed by atoms with Crippen LogP contribution in [0.2, 0.25) is 0 Å². The van der Waals surface area contributed by atoms with Crippen molar-refractivity contribution >= 4 is 34.0 Å². The van der Waals surface area contributed by atoms with Crippen LogP contribution in [0.25, 0.3) is 10.8 Å². The number of anilines is 1. The number of amidine groups is 1. The van der Waals surface area contributed by atoms with Crippen LogP contribution in [0, 0.1) is 5.92 Å². The lowest BCUT2D eigenvalue weighted by molar-refractivity contribution is -0.121. The Kier molecular flexibility index (Phi) is 4.98. The normalized spacial score (nSPS) is 16.2. The summed E-state index contributed by atoms with van der Waals surface area (Å²) >= 11 is 0. The lowest BCUT2D eigenvalue weighted by atomic mass is 9.92. The minimum absolute atomic E-state index is 0.0339. The first kappa shape index (κ1) is 19.4. The molecule has 5 rings (SSSR count). The van der Waals surface area contributed by atoms with Crippen LogP contribution in [0.1, 0.15) is 41.4 Å². The van der Waals surface area contributed by atoms with Gasteiger partial charge in [-0.3, -0.25) is 19.6 Å². The number of benzene rings is 2. The van der Waals surface area contributed by atoms with Gasteiger partial charge in [0.25, 0.3) is 5.91 Å². The smallest absolute Gasteiger partial charge is 0.254 e. The minimum atomic E-state index is 0.0339. The van der Waals surface area contributed by atoms with E-state index in [1.54, 1.807) is 13.1 Å². The number of carbonyl (C=O) groups excluding carboxylic acids is 2. The van der Waals surface area contributed by atoms with Gasteiger partial charge in [-0.25, -0.2) is 0 Å². The molecule has 1 aromatic heterocycles. The first-order valence-electron chi connectivity index (χ1n) is 10.7. The molecular formula is C25H24N4O2. The molecule has 2 aromatic carbocycles. The predicted molar refractivity (Wildman–Crippen MR) is 121 cm³/mol. The fourth-order valence-corrected chi connectivity index (χ4v) is 4.46. The van der Waals surface area contributed by atoms with Gasteiger partial charge in [0, 0.05) is 42.0 Å². The number of likely N-dealkylation sites (tertiary alicyclic amines) is 1. The Hall–Kier alpha value is -3.54. The van der Waals surface area contributed by atoms with Crippen LogP contribution in [0.15, 0.2) is 59.7 Å². The second kappa shape index (κ2) is 7.95. The van der Waals surface area contributed by atoms with Crippen molar-refractivity contribution < 1.29 is 9.59 Å². The van der Waals surface area contributed by atoms with Crippen LogP contribution in [0.5, 0.6) is 0 Å². The molecule has 0 atom stereocenters. The number of aliphatic imine (C=N–C) groups is 1. The summed E-state index contributed by atoms with van der Waals surface area (Å²) in [4.78, 5) is 35.7. The topological polar surface area (TPSA) is 74.7 Å². The Morgan fingerprint density at radius 3 is 2.71 bits per heavy atom. The molecule has 31 heavy (non-hydrogen) atoms. The average molecular weight is 412 g/mol. The van der Waals surface area contributed by atoms with Crippen molar-refractivity contribution in [2.45, 2.75) is 26.3 Å². The van der Waals surface area contributed by atoms with Crippen molar-refractivity contribution in [3.05, 3.63) is 71.5 Å². The molecule has 0 spiro atoms. The van der Waals surface area contributed by atoms with E-state index in [2.05, 4.69) is 15.3 Å². The number of nitrogens with zero attached hydrogens (tertiary/aromatic N) is 3. The van der Waals surface area contributed by atoms with Crippen LogP contribution in [0.4, 0.5) is 5.69 Å². The lowest BCUT2D eigenvalue weighted by Crippen LogP contribution is -2.40. The molecule has 3 heterocycles. The number of pyridine rings is 1. The van der Waals surface area contributed by atoms with Gasteiger partial charge in [-0.1, -0.05) is 24.3 Å². The van der Waals surface area contributed by atoms with E-state index in [4.69, 9.17) is 0 Å². The minimum Gasteiger partial charge on any atom is -0.339 e. The molecule has 2 aliphatic rings. The molecule has 1 saturated heterocycles. The van der Waals surface area contributed by atoms with Crippen LogP contribution >= 0.6 is 0 Å². The molecule has 6 heteroatoms. The third kappa shape index (κ3) is 3.69. The van der Waals surface area contributed by atoms with E-state index in [0.29, 0.717) is 25.2 Å². The second-order valence-corrected chi connectivity index (χ2v) is 8.22. The maximum atomic E-state index is 13.2. The third-order valence-corrected chi connectivity index (χ3v) is 6.25. The Morgan fingerprint density at radius 2 is 1.90 bits per heavy atom. The lowest BCUT2D eigenvalue weighted by Gasteiger charge is -2.31. The highest BCUT2D eigenvalue weighted by Gasteiger charge is 2.26. The first-order valence-corrected chi connectivity index (χ1v) is 10.7. The molecule has 0 bridgehead atoms. The van der Waals surface area contributed by atoms with Crippen molar-refractivity contribution in [2.24, 2.45) is 10.9 Å². The number of rotatable bonds is 3. The number of aromatic nitrogens is 1. The molecular weight excluding hydrogens is 388 g/mol. The van der Waals surface area contributed by atoms with E-state index in [9.17, 15) is 9.59 Å². The number of fused-ring (bicyclic) bond motifs is 2. The number of hydrogen-bond acceptors (Lipinski definition) is 5. The molecule has 1 fully saturated rings. The zero-order valence-corrected chi connectivity index (χ0v) is 17.5. The highest BCUT2D eigenvalue weighted by molar-refractivity contribution is 6.11. The van der Waals surface area contributed by atoms with Crippen LogP contribution in [0.3, 0.4) is 0 Å². The van der Waals surface area contributed by atoms with Gasteiger partial charge < -0.3 is 10.2 Å². The summed E-state index contributed by atoms with van der Waals surface area (Å²) in [7, 11) is 0. The van der Waals surface area contributed by atoms with Gasteiger partial charge in [0.1, 0.15) is 11.5 Å². The van der Waals surface area contributed by atoms with Crippen molar-refractivity contribution in [1.82, 2.24) is 9.88 Å². The van der Waals surface area contributed by atoms with E-state index < -0.39 is 0 Å². The summed E-state index contributed by atoms with van der Waals surface area (Å²) in [5.41, 5.74) is 3.62. The van der Waals surface area contributed by atoms with Crippen molar-refractivity contribution in [3.8, 4) is 0 Å². The summed E-state index contributed by atoms with van der Waals surface area (Å²) in [6.45, 7) is 3.54. The second-order valence-electron chi connectivity index (χ2n) is 8.22. The SMILES string of the molecule is CC(=O)C1CCN(C(=O)c2cccc3cc(NC4=NCc5cccnc54)ccc23)CC1. The van der Waals surface area contributed by atoms with Crippen LogP contribution in [-0.2, 0) is 11.3 Å². The van der Waals surface area contributed by atoms with Gasteiger partial charge in [-0.05, 0) is 54.8 Å². The van der Waals surface area contributed by atoms with Gasteiger partial charge in [0.2, 0.25) is 0 Å². The quantitative estimate of drug-likeness (QED) is 0.704. The Bertz CT molecular complexity index is 1210. The number of ketones is 1. The number of piperidine rings is 1. The number of carbonyl (C=O) groups is 2. The van der Waals surface area contributed by atoms with E-state index in [0.717, 1.165) is 46.4 Å². The highest BCUT2D eigenvalue weighted by atomic mass is 16.2. The fraction of sp³-hybridized carbons (Fsp3) is 0.280. The van der Waals surface area contributed by atoms with E-state index in [1.807, 2.05) is 53.4 Å². The number of amides is 1. The monoisotopic (exact) mass is 412 g/mol. The van der Waals surface area contributed by atoms with Crippen molar-refractivity contribution in [2.75, 3.05) is 18.4 Å². The average Bonchev–Trinajstić information content (AvgIpc) is 3.21. The van der Waals surface area contributed by atoms with Gasteiger partial charge in [0.15, 0.2) is 5.84 Å². The van der Waals surface area contributed by atoms with Gasteiger partial charge in [0.05, 0.1) is 6.54 Å². The molecule has 0 saturated carbocycles. The zero-order chi connectivity index (χ0) is 21.4. The van der Waals surface area contributed by atoms with E-state index in [1.165, 1.54) is 0 Å². The summed E-state index contributed by atoms with van der Waals surface area (Å²) < 4.78 is 0. The maximum Gasteiger partial charge on any atom is 0.254 e. The predicted octanol–water partition coefficient (Wildman–Crippen LogP) is 4.05. The van der Waals surface area contributed by atoms with E-state index >= 15 is 0 Å². The number of nitrogens with one attached hydrogen (secondary N) is 1. The number of hydrogen-bond donors (Lipinski definition) is 1. The molecule has 3 aromatic rings. The van der Waals surface area contributed by atoms with E-state index in [-0.39, 0.29) is 17.6 Å². The summed E-state index contributed by atoms with van der Waals surface area (Å²) in [6, 6.07) is 15.8. The Morgan fingerprint density at radius 1 is 1.06 bits per heavy atom. The maximum absolute atomic E-state index is 13.2. The van der Waals surface area contributed by atoms with Gasteiger partial charge in [-0.2, -0.15) is 0 Å². The third-order valence-electron chi connectivity index (χ3n) is 6.25. The molecule has 1 amide bonds. The zero-order valence-electron chi connectivity index (χ0n) is 17.5. The Labute approximate surface area is 181 Å². The molecule has 0 aliphatic carbocycles. The largest absolute Gasteiger partial charge is 0.339 e. The fourth-order valence-electron chi connectivity index (χ4n) is 4.46. The van der Waals surface area contributed by atoms with Gasteiger partial charge in [-0.15, -0.1) is 0 Å².